The Bertz CT molecular complexity index is 251. The maximum atomic E-state index is 5.80. The van der Waals surface area contributed by atoms with Gasteiger partial charge < -0.3 is 15.0 Å². The van der Waals surface area contributed by atoms with E-state index in [1.165, 1.54) is 64.5 Å². The lowest BCUT2D eigenvalue weighted by Crippen LogP contribution is -2.41. The molecule has 1 unspecified atom stereocenters. The Morgan fingerprint density at radius 2 is 1.79 bits per heavy atom. The topological polar surface area (TPSA) is 24.5 Å². The summed E-state index contributed by atoms with van der Waals surface area (Å²) >= 11 is 0. The molecule has 3 fully saturated rings. The highest BCUT2D eigenvalue weighted by Crippen LogP contribution is 2.29. The summed E-state index contributed by atoms with van der Waals surface area (Å²) in [6.45, 7) is 5.74. The van der Waals surface area contributed by atoms with Gasteiger partial charge in [-0.15, -0.1) is 0 Å². The number of morpholine rings is 1. The Morgan fingerprint density at radius 3 is 2.47 bits per heavy atom. The van der Waals surface area contributed by atoms with Crippen LogP contribution in [0.15, 0.2) is 0 Å². The Morgan fingerprint density at radius 1 is 1.00 bits per heavy atom. The maximum Gasteiger partial charge on any atom is 0.0700 e. The van der Waals surface area contributed by atoms with Gasteiger partial charge >= 0.3 is 0 Å². The number of hydrogen-bond acceptors (Lipinski definition) is 3. The summed E-state index contributed by atoms with van der Waals surface area (Å²) < 4.78 is 5.80. The summed E-state index contributed by atoms with van der Waals surface area (Å²) in [6, 6.07) is 0.937. The fourth-order valence-electron chi connectivity index (χ4n) is 4.10. The second-order valence-electron chi connectivity index (χ2n) is 6.69. The van der Waals surface area contributed by atoms with E-state index >= 15 is 0 Å². The van der Waals surface area contributed by atoms with Crippen molar-refractivity contribution in [1.82, 2.24) is 10.2 Å². The van der Waals surface area contributed by atoms with Crippen molar-refractivity contribution in [1.29, 1.82) is 0 Å². The number of piperidine rings is 1. The predicted octanol–water partition coefficient (Wildman–Crippen LogP) is 2.41. The molecule has 0 aromatic rings. The van der Waals surface area contributed by atoms with Crippen molar-refractivity contribution in [3.05, 3.63) is 0 Å². The number of nitrogens with one attached hydrogen (secondary N) is 1. The highest BCUT2D eigenvalue weighted by atomic mass is 16.5. The molecule has 3 nitrogen and oxygen atoms in total. The van der Waals surface area contributed by atoms with Crippen LogP contribution < -0.4 is 5.32 Å². The van der Waals surface area contributed by atoms with Crippen LogP contribution in [0, 0.1) is 5.92 Å². The first kappa shape index (κ1) is 13.8. The van der Waals surface area contributed by atoms with Gasteiger partial charge in [-0.1, -0.05) is 12.8 Å². The number of nitrogens with zero attached hydrogens (tertiary/aromatic N) is 1. The van der Waals surface area contributed by atoms with E-state index in [0.29, 0.717) is 6.10 Å². The van der Waals surface area contributed by atoms with Crippen molar-refractivity contribution in [3.8, 4) is 0 Å². The lowest BCUT2D eigenvalue weighted by molar-refractivity contribution is 0.0169. The van der Waals surface area contributed by atoms with Crippen LogP contribution >= 0.6 is 0 Å². The van der Waals surface area contributed by atoms with Gasteiger partial charge in [-0.2, -0.15) is 0 Å². The van der Waals surface area contributed by atoms with Crippen LogP contribution in [0.2, 0.25) is 0 Å². The lowest BCUT2D eigenvalue weighted by Gasteiger charge is -2.36. The Balaban J connectivity index is 1.33. The van der Waals surface area contributed by atoms with Crippen molar-refractivity contribution in [2.45, 2.75) is 63.5 Å². The third kappa shape index (κ3) is 3.93. The molecule has 3 aliphatic rings. The lowest BCUT2D eigenvalue weighted by atomic mass is 9.90. The highest BCUT2D eigenvalue weighted by molar-refractivity contribution is 4.82. The van der Waals surface area contributed by atoms with Crippen molar-refractivity contribution < 1.29 is 4.74 Å². The number of hydrogen-bond donors (Lipinski definition) is 1. The number of ether oxygens (including phenoxy) is 1. The predicted molar refractivity (Wildman–Crippen MR) is 78.4 cm³/mol. The van der Waals surface area contributed by atoms with Gasteiger partial charge in [0.15, 0.2) is 0 Å². The molecule has 0 aromatic carbocycles. The van der Waals surface area contributed by atoms with Crippen LogP contribution in [0.3, 0.4) is 0 Å². The average Bonchev–Trinajstić information content (AvgIpc) is 3.01. The SMILES string of the molecule is C1CCC(N2CCC(CCC3CNCCO3)CC2)C1. The molecule has 1 saturated carbocycles. The molecule has 2 saturated heterocycles. The summed E-state index contributed by atoms with van der Waals surface area (Å²) in [4.78, 5) is 2.78. The molecule has 0 spiro atoms. The van der Waals surface area contributed by atoms with E-state index in [4.69, 9.17) is 4.74 Å². The Labute approximate surface area is 118 Å². The van der Waals surface area contributed by atoms with Crippen molar-refractivity contribution in [2.24, 2.45) is 5.92 Å². The Kier molecular flexibility index (Phi) is 5.14. The van der Waals surface area contributed by atoms with E-state index in [2.05, 4.69) is 10.2 Å². The van der Waals surface area contributed by atoms with Gasteiger partial charge in [-0.25, -0.2) is 0 Å². The van der Waals surface area contributed by atoms with Crippen LogP contribution in [0.25, 0.3) is 0 Å². The quantitative estimate of drug-likeness (QED) is 0.846. The Hall–Kier alpha value is -0.120. The minimum absolute atomic E-state index is 0.488. The van der Waals surface area contributed by atoms with E-state index in [1.54, 1.807) is 0 Å². The number of rotatable bonds is 4. The molecule has 3 heteroatoms. The molecule has 0 amide bonds. The van der Waals surface area contributed by atoms with E-state index < -0.39 is 0 Å². The molecule has 1 aliphatic carbocycles. The van der Waals surface area contributed by atoms with Gasteiger partial charge in [0.2, 0.25) is 0 Å². The van der Waals surface area contributed by atoms with E-state index in [1.807, 2.05) is 0 Å². The minimum atomic E-state index is 0.488. The third-order valence-corrected chi connectivity index (χ3v) is 5.39. The summed E-state index contributed by atoms with van der Waals surface area (Å²) in [7, 11) is 0. The molecule has 3 rings (SSSR count). The van der Waals surface area contributed by atoms with Gasteiger partial charge in [0.25, 0.3) is 0 Å². The second-order valence-corrected chi connectivity index (χ2v) is 6.69. The summed E-state index contributed by atoms with van der Waals surface area (Å²) in [5.74, 6) is 0.961. The monoisotopic (exact) mass is 266 g/mol. The molecular formula is C16H30N2O. The molecule has 0 radical (unpaired) electrons. The highest BCUT2D eigenvalue weighted by Gasteiger charge is 2.27. The van der Waals surface area contributed by atoms with E-state index in [9.17, 15) is 0 Å². The molecule has 0 aromatic heterocycles. The molecule has 110 valence electrons. The third-order valence-electron chi connectivity index (χ3n) is 5.39. The largest absolute Gasteiger partial charge is 0.376 e. The zero-order valence-corrected chi connectivity index (χ0v) is 12.3. The van der Waals surface area contributed by atoms with Gasteiger partial charge in [0.05, 0.1) is 12.7 Å². The smallest absolute Gasteiger partial charge is 0.0700 e. The van der Waals surface area contributed by atoms with Crippen LogP contribution in [-0.4, -0.2) is 49.8 Å². The first-order chi connectivity index (χ1) is 9.42. The first-order valence-corrected chi connectivity index (χ1v) is 8.48. The normalized spacial score (nSPS) is 31.9. The summed E-state index contributed by atoms with van der Waals surface area (Å²) in [5, 5.41) is 3.43. The first-order valence-electron chi connectivity index (χ1n) is 8.48. The molecule has 2 heterocycles. The average molecular weight is 266 g/mol. The molecule has 1 atom stereocenters. The molecule has 1 N–H and O–H groups in total. The van der Waals surface area contributed by atoms with Crippen molar-refractivity contribution in [2.75, 3.05) is 32.8 Å². The standard InChI is InChI=1S/C16H30N2O/c1-2-4-15(3-1)18-10-7-14(8-11-18)5-6-16-13-17-9-12-19-16/h14-17H,1-13H2. The van der Waals surface area contributed by atoms with Crippen LogP contribution in [-0.2, 0) is 4.74 Å². The summed E-state index contributed by atoms with van der Waals surface area (Å²) in [5.41, 5.74) is 0. The van der Waals surface area contributed by atoms with Crippen LogP contribution in [0.1, 0.15) is 51.4 Å². The van der Waals surface area contributed by atoms with Gasteiger partial charge in [-0.05, 0) is 57.5 Å². The van der Waals surface area contributed by atoms with Crippen LogP contribution in [0.4, 0.5) is 0 Å². The zero-order chi connectivity index (χ0) is 12.9. The number of likely N-dealkylation sites (tertiary alicyclic amines) is 1. The fraction of sp³-hybridized carbons (Fsp3) is 1.00. The summed E-state index contributed by atoms with van der Waals surface area (Å²) in [6.07, 6.45) is 11.9. The fourth-order valence-corrected chi connectivity index (χ4v) is 4.10. The molecular weight excluding hydrogens is 236 g/mol. The van der Waals surface area contributed by atoms with Gasteiger partial charge in [0.1, 0.15) is 0 Å². The van der Waals surface area contributed by atoms with Crippen LogP contribution in [0.5, 0.6) is 0 Å². The van der Waals surface area contributed by atoms with E-state index in [-0.39, 0.29) is 0 Å². The minimum Gasteiger partial charge on any atom is -0.376 e. The van der Waals surface area contributed by atoms with Crippen molar-refractivity contribution >= 4 is 0 Å². The van der Waals surface area contributed by atoms with Crippen molar-refractivity contribution in [3.63, 3.8) is 0 Å². The van der Waals surface area contributed by atoms with Gasteiger partial charge in [0, 0.05) is 19.1 Å². The van der Waals surface area contributed by atoms with Gasteiger partial charge in [-0.3, -0.25) is 0 Å². The van der Waals surface area contributed by atoms with E-state index in [0.717, 1.165) is 31.7 Å². The maximum absolute atomic E-state index is 5.80. The molecule has 19 heavy (non-hydrogen) atoms. The molecule has 2 aliphatic heterocycles. The second kappa shape index (κ2) is 7.05. The zero-order valence-electron chi connectivity index (χ0n) is 12.3. The molecule has 0 bridgehead atoms.